The Morgan fingerprint density at radius 2 is 1.23 bits per heavy atom. The maximum Gasteiger partial charge on any atom is 0.303 e. The fourth-order valence-corrected chi connectivity index (χ4v) is 4.31. The maximum absolute atomic E-state index is 12.6. The number of rotatable bonds is 20. The number of aryl methyl sites for hydroxylation is 1. The van der Waals surface area contributed by atoms with Gasteiger partial charge in [-0.25, -0.2) is 0 Å². The summed E-state index contributed by atoms with van der Waals surface area (Å²) in [5.41, 5.74) is 2.65. The van der Waals surface area contributed by atoms with Crippen LogP contribution in [0.5, 0.6) is 0 Å². The summed E-state index contributed by atoms with van der Waals surface area (Å²) in [6.45, 7) is 4.22. The fourth-order valence-electron chi connectivity index (χ4n) is 4.31. The molecule has 4 heteroatoms. The highest BCUT2D eigenvalue weighted by molar-refractivity contribution is 5.97. The van der Waals surface area contributed by atoms with Gasteiger partial charge in [-0.3, -0.25) is 9.59 Å². The molecular weight excluding hydrogens is 386 g/mol. The monoisotopic (exact) mass is 433 g/mol. The van der Waals surface area contributed by atoms with E-state index in [2.05, 4.69) is 6.92 Å². The second-order valence-corrected chi connectivity index (χ2v) is 9.21. The number of unbranched alkanes of at least 4 members (excludes halogenated alkanes) is 14. The molecule has 31 heavy (non-hydrogen) atoms. The van der Waals surface area contributed by atoms with E-state index in [0.717, 1.165) is 29.8 Å². The molecule has 1 aromatic heterocycles. The molecule has 0 bridgehead atoms. The molecule has 1 aromatic rings. The molecule has 0 atom stereocenters. The molecule has 0 unspecified atom stereocenters. The van der Waals surface area contributed by atoms with Crippen LogP contribution in [0.3, 0.4) is 0 Å². The van der Waals surface area contributed by atoms with Gasteiger partial charge in [-0.15, -0.1) is 0 Å². The number of ketones is 1. The number of hydrogen-bond acceptors (Lipinski definition) is 2. The maximum atomic E-state index is 12.6. The third kappa shape index (κ3) is 12.1. The average Bonchev–Trinajstić information content (AvgIpc) is 3.03. The zero-order chi connectivity index (χ0) is 22.9. The van der Waals surface area contributed by atoms with Crippen LogP contribution in [0.15, 0.2) is 6.07 Å². The number of carboxylic acid groups (broad SMARTS) is 1. The van der Waals surface area contributed by atoms with Gasteiger partial charge in [-0.2, -0.15) is 0 Å². The molecule has 0 aromatic carbocycles. The number of nitrogens with zero attached hydrogens (tertiary/aromatic N) is 1. The fraction of sp³-hybridized carbons (Fsp3) is 0.778. The van der Waals surface area contributed by atoms with E-state index in [1.807, 2.05) is 24.6 Å². The molecule has 1 rings (SSSR count). The van der Waals surface area contributed by atoms with Crippen LogP contribution >= 0.6 is 0 Å². The average molecular weight is 434 g/mol. The zero-order valence-electron chi connectivity index (χ0n) is 20.5. The SMILES string of the molecule is CCCCCCCCCCCCCCCCCC(=O)c1cc(CCC(=O)O)n(C)c1C. The topological polar surface area (TPSA) is 59.3 Å². The summed E-state index contributed by atoms with van der Waals surface area (Å²) >= 11 is 0. The van der Waals surface area contributed by atoms with E-state index in [1.165, 1.54) is 83.5 Å². The minimum absolute atomic E-state index is 0.101. The first-order chi connectivity index (χ1) is 15.0. The van der Waals surface area contributed by atoms with E-state index < -0.39 is 5.97 Å². The van der Waals surface area contributed by atoms with Gasteiger partial charge in [0.25, 0.3) is 0 Å². The lowest BCUT2D eigenvalue weighted by Crippen LogP contribution is -2.03. The van der Waals surface area contributed by atoms with Gasteiger partial charge in [-0.05, 0) is 25.8 Å². The van der Waals surface area contributed by atoms with Crippen molar-refractivity contribution in [3.8, 4) is 0 Å². The lowest BCUT2D eigenvalue weighted by molar-refractivity contribution is -0.136. The van der Waals surface area contributed by atoms with Crippen LogP contribution in [-0.2, 0) is 18.3 Å². The second kappa shape index (κ2) is 17.0. The molecule has 4 nitrogen and oxygen atoms in total. The Labute approximate surface area is 190 Å². The van der Waals surface area contributed by atoms with Crippen molar-refractivity contribution in [1.82, 2.24) is 4.57 Å². The van der Waals surface area contributed by atoms with E-state index in [-0.39, 0.29) is 12.2 Å². The van der Waals surface area contributed by atoms with Crippen molar-refractivity contribution in [3.05, 3.63) is 23.0 Å². The lowest BCUT2D eigenvalue weighted by Gasteiger charge is -2.04. The van der Waals surface area contributed by atoms with Crippen molar-refractivity contribution in [2.45, 2.75) is 129 Å². The summed E-state index contributed by atoms with van der Waals surface area (Å²) in [4.78, 5) is 23.4. The number of carbonyl (C=O) groups is 2. The largest absolute Gasteiger partial charge is 0.481 e. The van der Waals surface area contributed by atoms with Gasteiger partial charge in [0.05, 0.1) is 6.42 Å². The van der Waals surface area contributed by atoms with Crippen molar-refractivity contribution in [2.75, 3.05) is 0 Å². The number of hydrogen-bond donors (Lipinski definition) is 1. The van der Waals surface area contributed by atoms with Crippen molar-refractivity contribution in [2.24, 2.45) is 7.05 Å². The smallest absolute Gasteiger partial charge is 0.303 e. The van der Waals surface area contributed by atoms with Gasteiger partial charge in [0.1, 0.15) is 0 Å². The van der Waals surface area contributed by atoms with Gasteiger partial charge in [0.15, 0.2) is 5.78 Å². The molecule has 0 saturated carbocycles. The molecular formula is C27H47NO3. The Morgan fingerprint density at radius 1 is 0.774 bits per heavy atom. The molecule has 1 N–H and O–H groups in total. The Balaban J connectivity index is 2.04. The Morgan fingerprint density at radius 3 is 1.68 bits per heavy atom. The van der Waals surface area contributed by atoms with Crippen LogP contribution in [-0.4, -0.2) is 21.4 Å². The first kappa shape index (κ1) is 27.5. The summed E-state index contributed by atoms with van der Waals surface area (Å²) in [5.74, 6) is -0.603. The zero-order valence-corrected chi connectivity index (χ0v) is 20.5. The molecule has 178 valence electrons. The van der Waals surface area contributed by atoms with E-state index in [4.69, 9.17) is 5.11 Å². The van der Waals surface area contributed by atoms with Crippen molar-refractivity contribution in [3.63, 3.8) is 0 Å². The third-order valence-corrected chi connectivity index (χ3v) is 6.54. The highest BCUT2D eigenvalue weighted by atomic mass is 16.4. The number of aliphatic carboxylic acids is 1. The second-order valence-electron chi connectivity index (χ2n) is 9.21. The van der Waals surface area contributed by atoms with Crippen molar-refractivity contribution in [1.29, 1.82) is 0 Å². The Bertz CT molecular complexity index is 633. The molecule has 1 heterocycles. The van der Waals surface area contributed by atoms with Gasteiger partial charge in [0, 0.05) is 30.4 Å². The van der Waals surface area contributed by atoms with Crippen LogP contribution in [0.1, 0.15) is 138 Å². The van der Waals surface area contributed by atoms with Gasteiger partial charge in [-0.1, -0.05) is 96.8 Å². The van der Waals surface area contributed by atoms with Gasteiger partial charge >= 0.3 is 5.97 Å². The van der Waals surface area contributed by atoms with E-state index in [0.29, 0.717) is 12.8 Å². The number of carboxylic acids is 1. The molecule has 0 aliphatic heterocycles. The predicted molar refractivity (Wildman–Crippen MR) is 130 cm³/mol. The molecule has 0 fully saturated rings. The highest BCUT2D eigenvalue weighted by Gasteiger charge is 2.15. The minimum Gasteiger partial charge on any atom is -0.481 e. The van der Waals surface area contributed by atoms with Crippen LogP contribution in [0.25, 0.3) is 0 Å². The van der Waals surface area contributed by atoms with Gasteiger partial charge < -0.3 is 9.67 Å². The Hall–Kier alpha value is -1.58. The quantitative estimate of drug-likeness (QED) is 0.169. The number of carbonyl (C=O) groups excluding carboxylic acids is 1. The lowest BCUT2D eigenvalue weighted by atomic mass is 10.0. The van der Waals surface area contributed by atoms with E-state index in [1.54, 1.807) is 0 Å². The Kier molecular flexibility index (Phi) is 15.1. The summed E-state index contributed by atoms with van der Waals surface area (Å²) < 4.78 is 1.96. The number of aromatic nitrogens is 1. The molecule has 0 saturated heterocycles. The molecule has 0 spiro atoms. The number of Topliss-reactive ketones (excluding diaryl/α,β-unsaturated/α-hetero) is 1. The summed E-state index contributed by atoms with van der Waals surface area (Å²) in [5, 5.41) is 8.88. The van der Waals surface area contributed by atoms with E-state index >= 15 is 0 Å². The highest BCUT2D eigenvalue weighted by Crippen LogP contribution is 2.19. The molecule has 0 amide bonds. The third-order valence-electron chi connectivity index (χ3n) is 6.54. The summed E-state index contributed by atoms with van der Waals surface area (Å²) in [6.07, 6.45) is 21.0. The minimum atomic E-state index is -0.801. The molecule has 0 aliphatic carbocycles. The predicted octanol–water partition coefficient (Wildman–Crippen LogP) is 7.79. The van der Waals surface area contributed by atoms with Crippen molar-refractivity contribution >= 4 is 11.8 Å². The van der Waals surface area contributed by atoms with Crippen LogP contribution < -0.4 is 0 Å². The standard InChI is InChI=1S/C27H47NO3/c1-4-5-6-7-8-9-10-11-12-13-14-15-16-17-18-19-26(29)25-22-24(20-21-27(30)31)28(3)23(25)2/h22H,4-21H2,1-3H3,(H,30,31). The van der Waals surface area contributed by atoms with Crippen LogP contribution in [0, 0.1) is 6.92 Å². The van der Waals surface area contributed by atoms with Crippen molar-refractivity contribution < 1.29 is 14.7 Å². The van der Waals surface area contributed by atoms with Gasteiger partial charge in [0.2, 0.25) is 0 Å². The normalized spacial score (nSPS) is 11.2. The van der Waals surface area contributed by atoms with E-state index in [9.17, 15) is 9.59 Å². The first-order valence-electron chi connectivity index (χ1n) is 12.9. The van der Waals surface area contributed by atoms with Crippen LogP contribution in [0.4, 0.5) is 0 Å². The van der Waals surface area contributed by atoms with Crippen LogP contribution in [0.2, 0.25) is 0 Å². The first-order valence-corrected chi connectivity index (χ1v) is 12.9. The summed E-state index contributed by atoms with van der Waals surface area (Å²) in [6, 6.07) is 1.89. The molecule has 0 aliphatic rings. The summed E-state index contributed by atoms with van der Waals surface area (Å²) in [7, 11) is 1.91. The molecule has 0 radical (unpaired) electrons.